The zero-order valence-corrected chi connectivity index (χ0v) is 18.6. The number of likely N-dealkylation sites (N-methyl/N-ethyl adjacent to an activating group) is 1. The van der Waals surface area contributed by atoms with Crippen LogP contribution in [-0.4, -0.2) is 70.4 Å². The lowest BCUT2D eigenvalue weighted by Crippen LogP contribution is -2.79. The molecular formula is C22H34N4O5. The molecule has 0 radical (unpaired) electrons. The van der Waals surface area contributed by atoms with Crippen LogP contribution in [0.2, 0.25) is 0 Å². The molecule has 0 unspecified atom stereocenters. The van der Waals surface area contributed by atoms with E-state index in [1.807, 2.05) is 13.8 Å². The van der Waals surface area contributed by atoms with Crippen LogP contribution >= 0.6 is 0 Å². The quantitative estimate of drug-likeness (QED) is 0.319. The van der Waals surface area contributed by atoms with Crippen LogP contribution in [0, 0.1) is 29.6 Å². The van der Waals surface area contributed by atoms with E-state index in [-0.39, 0.29) is 42.7 Å². The maximum Gasteiger partial charge on any atom is 0.262 e. The van der Waals surface area contributed by atoms with Crippen molar-refractivity contribution in [1.29, 1.82) is 0 Å². The van der Waals surface area contributed by atoms with Gasteiger partial charge < -0.3 is 4.90 Å². The van der Waals surface area contributed by atoms with Gasteiger partial charge in [0.1, 0.15) is 18.6 Å². The number of carbonyl (C=O) groups is 4. The Labute approximate surface area is 182 Å². The van der Waals surface area contributed by atoms with E-state index in [1.54, 1.807) is 0 Å². The van der Waals surface area contributed by atoms with Gasteiger partial charge in [-0.2, -0.15) is 0 Å². The zero-order chi connectivity index (χ0) is 22.5. The number of piperazine rings is 1. The van der Waals surface area contributed by atoms with E-state index in [0.29, 0.717) is 18.3 Å². The lowest BCUT2D eigenvalue weighted by Gasteiger charge is -2.63. The Morgan fingerprint density at radius 3 is 2.26 bits per heavy atom. The van der Waals surface area contributed by atoms with Crippen LogP contribution < -0.4 is 10.8 Å². The lowest BCUT2D eigenvalue weighted by molar-refractivity contribution is -0.176. The smallest absolute Gasteiger partial charge is 0.262 e. The Kier molecular flexibility index (Phi) is 5.85. The molecule has 31 heavy (non-hydrogen) atoms. The second kappa shape index (κ2) is 8.16. The summed E-state index contributed by atoms with van der Waals surface area (Å²) in [6.07, 6.45) is 5.89. The van der Waals surface area contributed by atoms with E-state index >= 15 is 0 Å². The van der Waals surface area contributed by atoms with Gasteiger partial charge in [0.15, 0.2) is 0 Å². The molecule has 1 spiro atoms. The number of hydrogen-bond donors (Lipinski definition) is 3. The lowest BCUT2D eigenvalue weighted by atomic mass is 9.47. The molecule has 4 aliphatic carbocycles. The second-order valence-electron chi connectivity index (χ2n) is 10.5. The maximum absolute atomic E-state index is 13.9. The van der Waals surface area contributed by atoms with Crippen molar-refractivity contribution < 1.29 is 24.4 Å². The molecule has 1 aliphatic heterocycles. The van der Waals surface area contributed by atoms with Gasteiger partial charge in [-0.05, 0) is 68.1 Å². The molecule has 5 rings (SSSR count). The van der Waals surface area contributed by atoms with Gasteiger partial charge in [0.05, 0.1) is 6.04 Å². The summed E-state index contributed by atoms with van der Waals surface area (Å²) in [6, 6.07) is -0.492. The SMILES string of the molecule is CC(C)C[C@@H]1NC2(C(=O)N(CC(=O)N(C)CC(=O)NO)C1=O)C1CC3CC(C1)CC2C3. The maximum atomic E-state index is 13.9. The molecule has 1 saturated heterocycles. The molecule has 1 heterocycles. The van der Waals surface area contributed by atoms with Crippen LogP contribution in [-0.2, 0) is 19.2 Å². The van der Waals surface area contributed by atoms with E-state index in [4.69, 9.17) is 5.21 Å². The van der Waals surface area contributed by atoms with Crippen molar-refractivity contribution >= 4 is 23.6 Å². The third kappa shape index (κ3) is 3.75. The Morgan fingerprint density at radius 1 is 1.16 bits per heavy atom. The van der Waals surface area contributed by atoms with Gasteiger partial charge in [-0.25, -0.2) is 5.48 Å². The van der Waals surface area contributed by atoms with Crippen LogP contribution in [0.25, 0.3) is 0 Å². The summed E-state index contributed by atoms with van der Waals surface area (Å²) in [5.74, 6) is 0.148. The highest BCUT2D eigenvalue weighted by atomic mass is 16.5. The summed E-state index contributed by atoms with van der Waals surface area (Å²) in [4.78, 5) is 53.6. The first-order valence-corrected chi connectivity index (χ1v) is 11.5. The van der Waals surface area contributed by atoms with Crippen LogP contribution in [0.4, 0.5) is 0 Å². The summed E-state index contributed by atoms with van der Waals surface area (Å²) >= 11 is 0. The highest BCUT2D eigenvalue weighted by Gasteiger charge is 2.65. The molecule has 5 fully saturated rings. The van der Waals surface area contributed by atoms with Gasteiger partial charge in [-0.15, -0.1) is 0 Å². The Balaban J connectivity index is 1.61. The number of rotatable bonds is 6. The minimum atomic E-state index is -0.762. The van der Waals surface area contributed by atoms with Crippen molar-refractivity contribution in [3.8, 4) is 0 Å². The second-order valence-corrected chi connectivity index (χ2v) is 10.5. The van der Waals surface area contributed by atoms with Gasteiger partial charge in [0, 0.05) is 7.05 Å². The Morgan fingerprint density at radius 2 is 1.74 bits per heavy atom. The zero-order valence-electron chi connectivity index (χ0n) is 18.6. The third-order valence-corrected chi connectivity index (χ3v) is 7.93. The van der Waals surface area contributed by atoms with E-state index in [1.165, 1.54) is 18.9 Å². The first kappa shape index (κ1) is 22.2. The van der Waals surface area contributed by atoms with Crippen LogP contribution in [0.5, 0.6) is 0 Å². The number of nitrogens with zero attached hydrogens (tertiary/aromatic N) is 2. The van der Waals surface area contributed by atoms with Crippen molar-refractivity contribution in [1.82, 2.24) is 20.6 Å². The minimum Gasteiger partial charge on any atom is -0.335 e. The molecule has 9 heteroatoms. The normalized spacial score (nSPS) is 36.4. The van der Waals surface area contributed by atoms with Crippen LogP contribution in [0.3, 0.4) is 0 Å². The molecule has 0 aromatic heterocycles. The van der Waals surface area contributed by atoms with E-state index in [9.17, 15) is 19.2 Å². The average Bonchev–Trinajstić information content (AvgIpc) is 2.71. The van der Waals surface area contributed by atoms with Crippen molar-refractivity contribution in [2.45, 2.75) is 64.0 Å². The molecular weight excluding hydrogens is 400 g/mol. The molecule has 4 bridgehead atoms. The fraction of sp³-hybridized carbons (Fsp3) is 0.818. The number of hydroxylamine groups is 1. The van der Waals surface area contributed by atoms with E-state index in [0.717, 1.165) is 35.5 Å². The summed E-state index contributed by atoms with van der Waals surface area (Å²) < 4.78 is 0. The average molecular weight is 435 g/mol. The van der Waals surface area contributed by atoms with E-state index < -0.39 is 23.4 Å². The molecule has 9 nitrogen and oxygen atoms in total. The number of imide groups is 1. The predicted molar refractivity (Wildman–Crippen MR) is 110 cm³/mol. The minimum absolute atomic E-state index is 0.203. The van der Waals surface area contributed by atoms with Gasteiger partial charge in [-0.3, -0.25) is 34.6 Å². The molecule has 3 N–H and O–H groups in total. The van der Waals surface area contributed by atoms with Crippen molar-refractivity contribution in [3.05, 3.63) is 0 Å². The van der Waals surface area contributed by atoms with Crippen molar-refractivity contribution in [3.63, 3.8) is 0 Å². The first-order chi connectivity index (χ1) is 14.6. The molecule has 172 valence electrons. The summed E-state index contributed by atoms with van der Waals surface area (Å²) in [5.41, 5.74) is 0.730. The van der Waals surface area contributed by atoms with Gasteiger partial charge in [-0.1, -0.05) is 13.8 Å². The molecule has 4 amide bonds. The molecule has 4 saturated carbocycles. The topological polar surface area (TPSA) is 119 Å². The highest BCUT2D eigenvalue weighted by Crippen LogP contribution is 2.59. The first-order valence-electron chi connectivity index (χ1n) is 11.5. The number of nitrogens with one attached hydrogen (secondary N) is 2. The van der Waals surface area contributed by atoms with Crippen LogP contribution in [0.15, 0.2) is 0 Å². The molecule has 0 aromatic rings. The van der Waals surface area contributed by atoms with Crippen LogP contribution in [0.1, 0.15) is 52.4 Å². The fourth-order valence-electron chi connectivity index (χ4n) is 6.81. The standard InChI is InChI=1S/C22H34N4O5/c1-12(2)4-17-20(29)26(11-19(28)25(3)10-18(27)24-31)21(30)22(23-17)15-6-13-5-14(8-15)9-16(22)7-13/h12-17,23,31H,4-11H2,1-3H3,(H,24,27)/t13?,14?,15?,16?,17-,22?/m0/s1. The molecule has 1 atom stereocenters. The Hall–Kier alpha value is -2.00. The van der Waals surface area contributed by atoms with Gasteiger partial charge >= 0.3 is 0 Å². The van der Waals surface area contributed by atoms with E-state index in [2.05, 4.69) is 5.32 Å². The summed E-state index contributed by atoms with van der Waals surface area (Å²) in [7, 11) is 1.42. The molecule has 0 aromatic carbocycles. The summed E-state index contributed by atoms with van der Waals surface area (Å²) in [5, 5.41) is 12.3. The number of carbonyl (C=O) groups excluding carboxylic acids is 4. The predicted octanol–water partition coefficient (Wildman–Crippen LogP) is 0.518. The fourth-order valence-corrected chi connectivity index (χ4v) is 6.81. The third-order valence-electron chi connectivity index (χ3n) is 7.93. The van der Waals surface area contributed by atoms with Gasteiger partial charge in [0.25, 0.3) is 11.8 Å². The monoisotopic (exact) mass is 434 g/mol. The summed E-state index contributed by atoms with van der Waals surface area (Å²) in [6.45, 7) is 3.37. The van der Waals surface area contributed by atoms with Crippen molar-refractivity contribution in [2.24, 2.45) is 29.6 Å². The number of amides is 4. The Bertz CT molecular complexity index is 754. The highest BCUT2D eigenvalue weighted by molar-refractivity contribution is 6.07. The van der Waals surface area contributed by atoms with Crippen molar-refractivity contribution in [2.75, 3.05) is 20.1 Å². The molecule has 5 aliphatic rings. The number of hydrogen-bond acceptors (Lipinski definition) is 6. The largest absolute Gasteiger partial charge is 0.335 e. The van der Waals surface area contributed by atoms with Gasteiger partial charge in [0.2, 0.25) is 11.8 Å².